The van der Waals surface area contributed by atoms with Gasteiger partial charge < -0.3 is 0 Å². The fraction of sp³-hybridized carbons (Fsp3) is 0.600. The molecule has 1 saturated heterocycles. The molecular formula is C10H14N2O2S. The summed E-state index contributed by atoms with van der Waals surface area (Å²) in [5, 5.41) is 7.82. The summed E-state index contributed by atoms with van der Waals surface area (Å²) in [4.78, 5) is 0. The Morgan fingerprint density at radius 1 is 1.33 bits per heavy atom. The van der Waals surface area contributed by atoms with E-state index in [-0.39, 0.29) is 0 Å². The number of sulfone groups is 1. The van der Waals surface area contributed by atoms with Crippen molar-refractivity contribution in [2.24, 2.45) is 5.92 Å². The van der Waals surface area contributed by atoms with Crippen molar-refractivity contribution in [3.8, 4) is 0 Å². The normalized spacial score (nSPS) is 21.3. The van der Waals surface area contributed by atoms with E-state index in [0.717, 1.165) is 25.0 Å². The predicted octanol–water partition coefficient (Wildman–Crippen LogP) is 0.844. The zero-order valence-electron chi connectivity index (χ0n) is 8.46. The van der Waals surface area contributed by atoms with Gasteiger partial charge in [0.25, 0.3) is 0 Å². The van der Waals surface area contributed by atoms with Gasteiger partial charge in [-0.1, -0.05) is 0 Å². The second kappa shape index (κ2) is 4.26. The molecule has 0 amide bonds. The van der Waals surface area contributed by atoms with Crippen LogP contribution < -0.4 is 0 Å². The van der Waals surface area contributed by atoms with Gasteiger partial charge in [0.1, 0.15) is 9.84 Å². The van der Waals surface area contributed by atoms with Crippen molar-refractivity contribution in [2.45, 2.75) is 19.3 Å². The van der Waals surface area contributed by atoms with Crippen molar-refractivity contribution >= 4 is 9.84 Å². The summed E-state index contributed by atoms with van der Waals surface area (Å²) >= 11 is 0. The third-order valence-electron chi connectivity index (χ3n) is 2.80. The molecule has 1 aromatic rings. The molecule has 2 rings (SSSR count). The summed E-state index contributed by atoms with van der Waals surface area (Å²) in [5.41, 5.74) is 0.960. The van der Waals surface area contributed by atoms with E-state index in [0.29, 0.717) is 17.4 Å². The summed E-state index contributed by atoms with van der Waals surface area (Å²) in [7, 11) is -2.74. The molecular weight excluding hydrogens is 212 g/mol. The van der Waals surface area contributed by atoms with Gasteiger partial charge in [0.05, 0.1) is 17.2 Å². The Bertz CT molecular complexity index is 402. The van der Waals surface area contributed by atoms with Crippen LogP contribution >= 0.6 is 0 Å². The molecule has 0 aromatic carbocycles. The minimum Gasteiger partial charge on any atom is -0.229 e. The van der Waals surface area contributed by atoms with Crippen molar-refractivity contribution in [3.63, 3.8) is 0 Å². The van der Waals surface area contributed by atoms with Gasteiger partial charge in [-0.05, 0) is 37.3 Å². The standard InChI is InChI=1S/C10H14N2O2S/c13-15(14)6-3-9(4-7-15)8-10-2-1-5-11-12-10/h1-2,5,9H,3-4,6-8H2. The van der Waals surface area contributed by atoms with Crippen molar-refractivity contribution in [1.82, 2.24) is 10.2 Å². The average Bonchev–Trinajstić information content (AvgIpc) is 2.23. The molecule has 5 heteroatoms. The maximum atomic E-state index is 11.2. The molecule has 0 saturated carbocycles. The van der Waals surface area contributed by atoms with E-state index >= 15 is 0 Å². The number of hydrogen-bond acceptors (Lipinski definition) is 4. The first-order valence-electron chi connectivity index (χ1n) is 5.13. The molecule has 1 fully saturated rings. The summed E-state index contributed by atoms with van der Waals surface area (Å²) in [5.74, 6) is 1.11. The highest BCUT2D eigenvalue weighted by atomic mass is 32.2. The maximum absolute atomic E-state index is 11.2. The molecule has 0 radical (unpaired) electrons. The van der Waals surface area contributed by atoms with Crippen LogP contribution in [0.1, 0.15) is 18.5 Å². The van der Waals surface area contributed by atoms with Crippen LogP contribution in [0.2, 0.25) is 0 Å². The van der Waals surface area contributed by atoms with Crippen LogP contribution in [0.15, 0.2) is 18.3 Å². The van der Waals surface area contributed by atoms with Crippen molar-refractivity contribution < 1.29 is 8.42 Å². The molecule has 4 nitrogen and oxygen atoms in total. The Balaban J connectivity index is 1.93. The highest BCUT2D eigenvalue weighted by Gasteiger charge is 2.23. The summed E-state index contributed by atoms with van der Waals surface area (Å²) < 4.78 is 22.4. The van der Waals surface area contributed by atoms with Gasteiger partial charge in [-0.15, -0.1) is 0 Å². The third kappa shape index (κ3) is 2.99. The van der Waals surface area contributed by atoms with Crippen LogP contribution in [-0.4, -0.2) is 30.1 Å². The van der Waals surface area contributed by atoms with Gasteiger partial charge in [-0.3, -0.25) is 0 Å². The van der Waals surface area contributed by atoms with E-state index in [2.05, 4.69) is 10.2 Å². The Morgan fingerprint density at radius 2 is 2.07 bits per heavy atom. The molecule has 0 atom stereocenters. The molecule has 1 aliphatic rings. The van der Waals surface area contributed by atoms with Crippen LogP contribution in [-0.2, 0) is 16.3 Å². The fourth-order valence-electron chi connectivity index (χ4n) is 1.88. The Morgan fingerprint density at radius 3 is 2.67 bits per heavy atom. The lowest BCUT2D eigenvalue weighted by atomic mass is 9.97. The molecule has 15 heavy (non-hydrogen) atoms. The topological polar surface area (TPSA) is 59.9 Å². The summed E-state index contributed by atoms with van der Waals surface area (Å²) in [6.45, 7) is 0. The summed E-state index contributed by atoms with van der Waals surface area (Å²) in [6, 6.07) is 3.80. The molecule has 0 N–H and O–H groups in total. The van der Waals surface area contributed by atoms with Gasteiger partial charge >= 0.3 is 0 Å². The second-order valence-electron chi connectivity index (χ2n) is 4.01. The lowest BCUT2D eigenvalue weighted by molar-refractivity contribution is 0.457. The highest BCUT2D eigenvalue weighted by molar-refractivity contribution is 7.91. The minimum atomic E-state index is -2.74. The molecule has 2 heterocycles. The van der Waals surface area contributed by atoms with E-state index in [4.69, 9.17) is 0 Å². The van der Waals surface area contributed by atoms with Gasteiger partial charge in [-0.2, -0.15) is 10.2 Å². The summed E-state index contributed by atoms with van der Waals surface area (Å²) in [6.07, 6.45) is 4.02. The second-order valence-corrected chi connectivity index (χ2v) is 6.32. The molecule has 0 aliphatic carbocycles. The Labute approximate surface area is 89.6 Å². The third-order valence-corrected chi connectivity index (χ3v) is 4.51. The minimum absolute atomic E-state index is 0.331. The van der Waals surface area contributed by atoms with E-state index in [1.54, 1.807) is 6.20 Å². The predicted molar refractivity (Wildman–Crippen MR) is 57.1 cm³/mol. The van der Waals surface area contributed by atoms with E-state index < -0.39 is 9.84 Å². The molecule has 0 spiro atoms. The maximum Gasteiger partial charge on any atom is 0.150 e. The van der Waals surface area contributed by atoms with Crippen LogP contribution in [0.4, 0.5) is 0 Å². The zero-order chi connectivity index (χ0) is 10.7. The number of aromatic nitrogens is 2. The first-order chi connectivity index (χ1) is 7.16. The van der Waals surface area contributed by atoms with E-state index in [1.165, 1.54) is 0 Å². The quantitative estimate of drug-likeness (QED) is 0.750. The van der Waals surface area contributed by atoms with Gasteiger partial charge in [0, 0.05) is 6.20 Å². The van der Waals surface area contributed by atoms with Crippen LogP contribution in [0.5, 0.6) is 0 Å². The van der Waals surface area contributed by atoms with Crippen LogP contribution in [0.25, 0.3) is 0 Å². The number of rotatable bonds is 2. The SMILES string of the molecule is O=S1(=O)CCC(Cc2cccnn2)CC1. The first kappa shape index (κ1) is 10.5. The molecule has 82 valence electrons. The van der Waals surface area contributed by atoms with E-state index in [9.17, 15) is 8.42 Å². The van der Waals surface area contributed by atoms with Crippen molar-refractivity contribution in [2.75, 3.05) is 11.5 Å². The zero-order valence-corrected chi connectivity index (χ0v) is 9.28. The van der Waals surface area contributed by atoms with Gasteiger partial charge in [-0.25, -0.2) is 8.42 Å². The van der Waals surface area contributed by atoms with Gasteiger partial charge in [0.15, 0.2) is 0 Å². The molecule has 0 bridgehead atoms. The first-order valence-corrected chi connectivity index (χ1v) is 6.95. The molecule has 1 aliphatic heterocycles. The Kier molecular flexibility index (Phi) is 3.00. The highest BCUT2D eigenvalue weighted by Crippen LogP contribution is 2.21. The average molecular weight is 226 g/mol. The number of nitrogens with zero attached hydrogens (tertiary/aromatic N) is 2. The van der Waals surface area contributed by atoms with Crippen molar-refractivity contribution in [1.29, 1.82) is 0 Å². The van der Waals surface area contributed by atoms with Crippen LogP contribution in [0.3, 0.4) is 0 Å². The fourth-order valence-corrected chi connectivity index (χ4v) is 3.47. The lowest BCUT2D eigenvalue weighted by Crippen LogP contribution is -2.24. The molecule has 1 aromatic heterocycles. The van der Waals surface area contributed by atoms with E-state index in [1.807, 2.05) is 12.1 Å². The smallest absolute Gasteiger partial charge is 0.150 e. The monoisotopic (exact) mass is 226 g/mol. The van der Waals surface area contributed by atoms with Crippen molar-refractivity contribution in [3.05, 3.63) is 24.0 Å². The van der Waals surface area contributed by atoms with Crippen LogP contribution in [0, 0.1) is 5.92 Å². The lowest BCUT2D eigenvalue weighted by Gasteiger charge is -2.21. The number of hydrogen-bond donors (Lipinski definition) is 0. The van der Waals surface area contributed by atoms with Gasteiger partial charge in [0.2, 0.25) is 0 Å². The largest absolute Gasteiger partial charge is 0.229 e. The Hall–Kier alpha value is -0.970. The molecule has 0 unspecified atom stereocenters.